The number of benzene rings is 1. The first-order valence-corrected chi connectivity index (χ1v) is 9.84. The van der Waals surface area contributed by atoms with E-state index in [0.29, 0.717) is 24.3 Å². The minimum atomic E-state index is -1.17. The fourth-order valence-corrected chi connectivity index (χ4v) is 4.02. The topological polar surface area (TPSA) is 79.0 Å². The van der Waals surface area contributed by atoms with Crippen molar-refractivity contribution in [1.29, 1.82) is 0 Å². The van der Waals surface area contributed by atoms with Crippen LogP contribution in [0.4, 0.5) is 4.79 Å². The molecule has 2 heterocycles. The van der Waals surface area contributed by atoms with Crippen LogP contribution < -0.4 is 10.1 Å². The largest absolute Gasteiger partial charge is 0.497 e. The molecule has 1 aromatic carbocycles. The number of nitrogens with one attached hydrogen (secondary N) is 1. The van der Waals surface area contributed by atoms with Crippen LogP contribution in [-0.4, -0.2) is 48.3 Å². The highest BCUT2D eigenvalue weighted by atomic mass is 32.1. The van der Waals surface area contributed by atoms with Gasteiger partial charge in [-0.05, 0) is 35.6 Å². The van der Waals surface area contributed by atoms with E-state index in [1.54, 1.807) is 49.8 Å². The van der Waals surface area contributed by atoms with Crippen LogP contribution in [0.15, 0.2) is 41.8 Å². The average molecular weight is 401 g/mol. The molecule has 1 saturated heterocycles. The van der Waals surface area contributed by atoms with Gasteiger partial charge in [-0.25, -0.2) is 4.79 Å². The van der Waals surface area contributed by atoms with Gasteiger partial charge in [0.15, 0.2) is 0 Å². The van der Waals surface area contributed by atoms with Crippen LogP contribution in [0.1, 0.15) is 23.8 Å². The summed E-state index contributed by atoms with van der Waals surface area (Å²) in [7, 11) is 3.23. The monoisotopic (exact) mass is 401 g/mol. The molecule has 0 aliphatic carbocycles. The highest BCUT2D eigenvalue weighted by molar-refractivity contribution is 7.09. The Balaban J connectivity index is 1.76. The molecule has 148 valence electrons. The molecule has 1 aliphatic heterocycles. The molecule has 28 heavy (non-hydrogen) atoms. The standard InChI is InChI=1S/C20H23N3O4S/c1-4-20(14-7-9-15(27-3)10-8-14)18(25)23(19(26)21-20)13-17(24)22(2)12-16-6-5-11-28-16/h5-11H,4,12-13H2,1-3H3,(H,21,26). The number of imide groups is 1. The van der Waals surface area contributed by atoms with Gasteiger partial charge in [0.05, 0.1) is 13.7 Å². The molecule has 8 heteroatoms. The summed E-state index contributed by atoms with van der Waals surface area (Å²) in [5, 5.41) is 4.73. The maximum Gasteiger partial charge on any atom is 0.325 e. The van der Waals surface area contributed by atoms with Crippen molar-refractivity contribution in [1.82, 2.24) is 15.1 Å². The summed E-state index contributed by atoms with van der Waals surface area (Å²) >= 11 is 1.55. The average Bonchev–Trinajstić information content (AvgIpc) is 3.30. The van der Waals surface area contributed by atoms with E-state index in [2.05, 4.69) is 5.32 Å². The fraction of sp³-hybridized carbons (Fsp3) is 0.350. The number of likely N-dealkylation sites (N-methyl/N-ethyl adjacent to an activating group) is 1. The summed E-state index contributed by atoms with van der Waals surface area (Å²) in [5.74, 6) is -0.0458. The Morgan fingerprint density at radius 1 is 1.25 bits per heavy atom. The highest BCUT2D eigenvalue weighted by Gasteiger charge is 2.51. The number of amides is 4. The van der Waals surface area contributed by atoms with Crippen molar-refractivity contribution in [3.05, 3.63) is 52.2 Å². The van der Waals surface area contributed by atoms with Gasteiger partial charge in [0, 0.05) is 11.9 Å². The summed E-state index contributed by atoms with van der Waals surface area (Å²) in [6.45, 7) is 1.98. The summed E-state index contributed by atoms with van der Waals surface area (Å²) in [4.78, 5) is 41.8. The van der Waals surface area contributed by atoms with Gasteiger partial charge in [0.25, 0.3) is 5.91 Å². The lowest BCUT2D eigenvalue weighted by Crippen LogP contribution is -2.45. The van der Waals surface area contributed by atoms with Gasteiger partial charge in [-0.15, -0.1) is 11.3 Å². The number of hydrogen-bond acceptors (Lipinski definition) is 5. The van der Waals surface area contributed by atoms with Crippen LogP contribution in [-0.2, 0) is 21.7 Å². The molecule has 1 fully saturated rings. The number of carbonyl (C=O) groups excluding carboxylic acids is 3. The molecule has 2 aromatic rings. The van der Waals surface area contributed by atoms with Gasteiger partial charge < -0.3 is 15.0 Å². The first-order chi connectivity index (χ1) is 13.4. The SMILES string of the molecule is CCC1(c2ccc(OC)cc2)NC(=O)N(CC(=O)N(C)Cc2cccs2)C1=O. The van der Waals surface area contributed by atoms with Gasteiger partial charge in [0.1, 0.15) is 17.8 Å². The number of thiophene rings is 1. The van der Waals surface area contributed by atoms with Gasteiger partial charge in [-0.1, -0.05) is 25.1 Å². The van der Waals surface area contributed by atoms with Crippen LogP contribution in [0.5, 0.6) is 5.75 Å². The molecule has 3 rings (SSSR count). The van der Waals surface area contributed by atoms with E-state index >= 15 is 0 Å². The van der Waals surface area contributed by atoms with Crippen molar-refractivity contribution in [2.45, 2.75) is 25.4 Å². The Morgan fingerprint density at radius 3 is 2.54 bits per heavy atom. The number of ether oxygens (including phenoxy) is 1. The first-order valence-electron chi connectivity index (χ1n) is 8.96. The van der Waals surface area contributed by atoms with Crippen LogP contribution in [0, 0.1) is 0 Å². The van der Waals surface area contributed by atoms with Crippen LogP contribution in [0.3, 0.4) is 0 Å². The van der Waals surface area contributed by atoms with Crippen LogP contribution in [0.25, 0.3) is 0 Å². The third-order valence-corrected chi connectivity index (χ3v) is 5.84. The van der Waals surface area contributed by atoms with Gasteiger partial charge in [-0.2, -0.15) is 0 Å². The predicted molar refractivity (Wildman–Crippen MR) is 106 cm³/mol. The Kier molecular flexibility index (Phi) is 5.69. The molecular formula is C20H23N3O4S. The molecule has 0 saturated carbocycles. The Morgan fingerprint density at radius 2 is 1.96 bits per heavy atom. The second-order valence-electron chi connectivity index (χ2n) is 6.64. The zero-order valence-electron chi connectivity index (χ0n) is 16.1. The molecular weight excluding hydrogens is 378 g/mol. The third-order valence-electron chi connectivity index (χ3n) is 4.98. The second kappa shape index (κ2) is 8.02. The van der Waals surface area contributed by atoms with Crippen molar-refractivity contribution < 1.29 is 19.1 Å². The Hall–Kier alpha value is -2.87. The number of methoxy groups -OCH3 is 1. The number of hydrogen-bond donors (Lipinski definition) is 1. The molecule has 1 atom stereocenters. The lowest BCUT2D eigenvalue weighted by Gasteiger charge is -2.26. The Labute approximate surface area is 167 Å². The number of rotatable bonds is 7. The third kappa shape index (κ3) is 3.60. The molecule has 0 radical (unpaired) electrons. The quantitative estimate of drug-likeness (QED) is 0.724. The summed E-state index contributed by atoms with van der Waals surface area (Å²) in [6.07, 6.45) is 0.375. The van der Waals surface area contributed by atoms with E-state index in [9.17, 15) is 14.4 Å². The van der Waals surface area contributed by atoms with E-state index in [-0.39, 0.29) is 12.5 Å². The summed E-state index contributed by atoms with van der Waals surface area (Å²) in [5.41, 5.74) is -0.508. The van der Waals surface area contributed by atoms with Gasteiger partial charge in [-0.3, -0.25) is 14.5 Å². The molecule has 1 aromatic heterocycles. The normalized spacial score (nSPS) is 18.9. The van der Waals surface area contributed by atoms with Crippen molar-refractivity contribution in [3.63, 3.8) is 0 Å². The van der Waals surface area contributed by atoms with Crippen molar-refractivity contribution in [3.8, 4) is 5.75 Å². The van der Waals surface area contributed by atoms with E-state index < -0.39 is 17.5 Å². The molecule has 1 N–H and O–H groups in total. The highest BCUT2D eigenvalue weighted by Crippen LogP contribution is 2.33. The van der Waals surface area contributed by atoms with Crippen LogP contribution >= 0.6 is 11.3 Å². The minimum Gasteiger partial charge on any atom is -0.497 e. The Bertz CT molecular complexity index is 866. The first kappa shape index (κ1) is 19.9. The number of nitrogens with zero attached hydrogens (tertiary/aromatic N) is 2. The van der Waals surface area contributed by atoms with E-state index in [4.69, 9.17) is 4.74 Å². The molecule has 0 spiro atoms. The van der Waals surface area contributed by atoms with Crippen molar-refractivity contribution >= 4 is 29.2 Å². The second-order valence-corrected chi connectivity index (χ2v) is 7.67. The van der Waals surface area contributed by atoms with E-state index in [0.717, 1.165) is 9.78 Å². The minimum absolute atomic E-state index is 0.287. The lowest BCUT2D eigenvalue weighted by atomic mass is 9.87. The summed E-state index contributed by atoms with van der Waals surface area (Å²) in [6, 6.07) is 10.3. The molecule has 1 unspecified atom stereocenters. The molecule has 0 bridgehead atoms. The molecule has 4 amide bonds. The van der Waals surface area contributed by atoms with E-state index in [1.807, 2.05) is 24.4 Å². The van der Waals surface area contributed by atoms with Crippen LogP contribution in [0.2, 0.25) is 0 Å². The van der Waals surface area contributed by atoms with Gasteiger partial charge >= 0.3 is 6.03 Å². The summed E-state index contributed by atoms with van der Waals surface area (Å²) < 4.78 is 5.16. The van der Waals surface area contributed by atoms with Crippen molar-refractivity contribution in [2.75, 3.05) is 20.7 Å². The number of carbonyl (C=O) groups is 3. The maximum atomic E-state index is 13.1. The molecule has 1 aliphatic rings. The predicted octanol–water partition coefficient (Wildman–Crippen LogP) is 2.57. The smallest absolute Gasteiger partial charge is 0.325 e. The van der Waals surface area contributed by atoms with E-state index in [1.165, 1.54) is 4.90 Å². The fourth-order valence-electron chi connectivity index (χ4n) is 3.27. The van der Waals surface area contributed by atoms with Gasteiger partial charge in [0.2, 0.25) is 5.91 Å². The molecule has 7 nitrogen and oxygen atoms in total. The lowest BCUT2D eigenvalue weighted by molar-refractivity contribution is -0.138. The maximum absolute atomic E-state index is 13.1. The zero-order valence-corrected chi connectivity index (χ0v) is 16.9. The van der Waals surface area contributed by atoms with Crippen molar-refractivity contribution in [2.24, 2.45) is 0 Å². The zero-order chi connectivity index (χ0) is 20.3. The number of urea groups is 1.